The highest BCUT2D eigenvalue weighted by molar-refractivity contribution is 7.94. The Kier molecular flexibility index (Phi) is 4.32. The van der Waals surface area contributed by atoms with Crippen LogP contribution in [0.4, 0.5) is 5.69 Å². The summed E-state index contributed by atoms with van der Waals surface area (Å²) in [5.74, 6) is -2.06. The van der Waals surface area contributed by atoms with Gasteiger partial charge in [0.2, 0.25) is 5.91 Å². The SMILES string of the molecule is CCC(C(=O)O)S(=O)(=O)C1CCc2ccccc2NC1=O. The van der Waals surface area contributed by atoms with Crippen LogP contribution in [0.15, 0.2) is 24.3 Å². The molecule has 0 aliphatic carbocycles. The van der Waals surface area contributed by atoms with Gasteiger partial charge >= 0.3 is 5.97 Å². The van der Waals surface area contributed by atoms with E-state index in [2.05, 4.69) is 5.32 Å². The second-order valence-corrected chi connectivity index (χ2v) is 7.31. The molecule has 1 aliphatic rings. The highest BCUT2D eigenvalue weighted by Crippen LogP contribution is 2.26. The van der Waals surface area contributed by atoms with Crippen LogP contribution in [0.1, 0.15) is 25.3 Å². The van der Waals surface area contributed by atoms with Gasteiger partial charge in [-0.05, 0) is 30.9 Å². The fraction of sp³-hybridized carbons (Fsp3) is 0.429. The van der Waals surface area contributed by atoms with Gasteiger partial charge in [-0.1, -0.05) is 25.1 Å². The zero-order chi connectivity index (χ0) is 15.6. The molecule has 0 saturated heterocycles. The van der Waals surface area contributed by atoms with Crippen LogP contribution < -0.4 is 5.32 Å². The third kappa shape index (κ3) is 2.92. The van der Waals surface area contributed by atoms with E-state index in [0.29, 0.717) is 12.1 Å². The number of hydrogen-bond acceptors (Lipinski definition) is 4. The third-order valence-electron chi connectivity index (χ3n) is 3.68. The molecule has 0 saturated carbocycles. The summed E-state index contributed by atoms with van der Waals surface area (Å²) in [6.45, 7) is 1.49. The monoisotopic (exact) mass is 311 g/mol. The Hall–Kier alpha value is -1.89. The number of fused-ring (bicyclic) bond motifs is 1. The molecule has 21 heavy (non-hydrogen) atoms. The minimum absolute atomic E-state index is 0.0611. The fourth-order valence-electron chi connectivity index (χ4n) is 2.55. The molecule has 1 aliphatic heterocycles. The number of rotatable bonds is 4. The number of hydrogen-bond donors (Lipinski definition) is 2. The Balaban J connectivity index is 2.34. The summed E-state index contributed by atoms with van der Waals surface area (Å²) in [6, 6.07) is 7.09. The van der Waals surface area contributed by atoms with Crippen molar-refractivity contribution in [3.05, 3.63) is 29.8 Å². The highest BCUT2D eigenvalue weighted by Gasteiger charge is 2.42. The summed E-state index contributed by atoms with van der Waals surface area (Å²) in [5.41, 5.74) is 1.44. The minimum atomic E-state index is -4.08. The Morgan fingerprint density at radius 3 is 2.71 bits per heavy atom. The summed E-state index contributed by atoms with van der Waals surface area (Å²) in [6.07, 6.45) is 0.443. The first-order valence-electron chi connectivity index (χ1n) is 6.72. The number of benzene rings is 1. The van der Waals surface area contributed by atoms with Crippen molar-refractivity contribution in [2.24, 2.45) is 0 Å². The summed E-state index contributed by atoms with van der Waals surface area (Å²) in [5, 5.41) is 8.77. The number of carboxylic acid groups (broad SMARTS) is 1. The maximum atomic E-state index is 12.4. The molecule has 0 fully saturated rings. The van der Waals surface area contributed by atoms with E-state index in [1.165, 1.54) is 6.92 Å². The number of anilines is 1. The first kappa shape index (κ1) is 15.5. The van der Waals surface area contributed by atoms with Gasteiger partial charge in [0.05, 0.1) is 0 Å². The van der Waals surface area contributed by atoms with E-state index in [4.69, 9.17) is 5.11 Å². The van der Waals surface area contributed by atoms with Gasteiger partial charge in [-0.15, -0.1) is 0 Å². The molecule has 1 aromatic rings. The lowest BCUT2D eigenvalue weighted by Gasteiger charge is -2.18. The van der Waals surface area contributed by atoms with Crippen molar-refractivity contribution in [2.75, 3.05) is 5.32 Å². The Bertz CT molecular complexity index is 668. The molecule has 0 aromatic heterocycles. The van der Waals surface area contributed by atoms with Crippen LogP contribution >= 0.6 is 0 Å². The van der Waals surface area contributed by atoms with Gasteiger partial charge in [0.25, 0.3) is 0 Å². The average molecular weight is 311 g/mol. The summed E-state index contributed by atoms with van der Waals surface area (Å²) < 4.78 is 24.9. The van der Waals surface area contributed by atoms with E-state index in [0.717, 1.165) is 5.56 Å². The molecule has 2 unspecified atom stereocenters. The van der Waals surface area contributed by atoms with Gasteiger partial charge in [0.15, 0.2) is 15.1 Å². The van der Waals surface area contributed by atoms with Crippen LogP contribution in [-0.4, -0.2) is 35.9 Å². The van der Waals surface area contributed by atoms with E-state index in [1.54, 1.807) is 12.1 Å². The Morgan fingerprint density at radius 1 is 1.43 bits per heavy atom. The van der Waals surface area contributed by atoms with E-state index in [-0.39, 0.29) is 12.8 Å². The van der Waals surface area contributed by atoms with Gasteiger partial charge in [-0.25, -0.2) is 8.42 Å². The van der Waals surface area contributed by atoms with E-state index in [9.17, 15) is 18.0 Å². The van der Waals surface area contributed by atoms with Crippen molar-refractivity contribution in [3.63, 3.8) is 0 Å². The van der Waals surface area contributed by atoms with Crippen LogP contribution in [0.3, 0.4) is 0 Å². The Morgan fingerprint density at radius 2 is 2.10 bits per heavy atom. The molecule has 1 aromatic carbocycles. The second-order valence-electron chi connectivity index (χ2n) is 5.00. The molecular formula is C14H17NO5S. The topological polar surface area (TPSA) is 101 Å². The van der Waals surface area contributed by atoms with Gasteiger partial charge < -0.3 is 10.4 Å². The molecule has 0 radical (unpaired) electrons. The number of sulfone groups is 1. The lowest BCUT2D eigenvalue weighted by Crippen LogP contribution is -2.43. The number of carboxylic acids is 1. The van der Waals surface area contributed by atoms with Crippen LogP contribution in [0.25, 0.3) is 0 Å². The fourth-order valence-corrected chi connectivity index (χ4v) is 4.50. The number of para-hydroxylation sites is 1. The molecule has 0 spiro atoms. The van der Waals surface area contributed by atoms with Gasteiger partial charge in [-0.3, -0.25) is 9.59 Å². The van der Waals surface area contributed by atoms with Crippen molar-refractivity contribution in [3.8, 4) is 0 Å². The maximum Gasteiger partial charge on any atom is 0.321 e. The van der Waals surface area contributed by atoms with Crippen LogP contribution in [-0.2, 0) is 25.8 Å². The lowest BCUT2D eigenvalue weighted by atomic mass is 10.1. The zero-order valence-electron chi connectivity index (χ0n) is 11.6. The number of aryl methyl sites for hydroxylation is 1. The summed E-state index contributed by atoms with van der Waals surface area (Å²) >= 11 is 0. The molecule has 6 nitrogen and oxygen atoms in total. The molecule has 0 bridgehead atoms. The zero-order valence-corrected chi connectivity index (χ0v) is 12.4. The van der Waals surface area contributed by atoms with Gasteiger partial charge in [-0.2, -0.15) is 0 Å². The van der Waals surface area contributed by atoms with E-state index in [1.807, 2.05) is 12.1 Å². The number of carbonyl (C=O) groups is 2. The van der Waals surface area contributed by atoms with Gasteiger partial charge in [0.1, 0.15) is 5.25 Å². The number of carbonyl (C=O) groups excluding carboxylic acids is 1. The maximum absolute atomic E-state index is 12.4. The smallest absolute Gasteiger partial charge is 0.321 e. The first-order valence-corrected chi connectivity index (χ1v) is 8.33. The first-order chi connectivity index (χ1) is 9.87. The quantitative estimate of drug-likeness (QED) is 0.870. The lowest BCUT2D eigenvalue weighted by molar-refractivity contribution is -0.136. The standard InChI is InChI=1S/C14H17NO5S/c1-2-11(14(17)18)21(19,20)12-8-7-9-5-3-4-6-10(9)15-13(12)16/h3-6,11-12H,2,7-8H2,1H3,(H,15,16)(H,17,18). The van der Waals surface area contributed by atoms with Crippen LogP contribution in [0.5, 0.6) is 0 Å². The van der Waals surface area contributed by atoms with Crippen LogP contribution in [0, 0.1) is 0 Å². The minimum Gasteiger partial charge on any atom is -0.480 e. The molecule has 1 heterocycles. The molecule has 2 atom stereocenters. The molecule has 2 rings (SSSR count). The van der Waals surface area contributed by atoms with Crippen molar-refractivity contribution in [2.45, 2.75) is 36.7 Å². The van der Waals surface area contributed by atoms with Crippen LogP contribution in [0.2, 0.25) is 0 Å². The number of aliphatic carboxylic acids is 1. The summed E-state index contributed by atoms with van der Waals surface area (Å²) in [4.78, 5) is 23.3. The second kappa shape index (κ2) is 5.85. The summed E-state index contributed by atoms with van der Waals surface area (Å²) in [7, 11) is -4.08. The number of amides is 1. The normalized spacial score (nSPS) is 20.0. The van der Waals surface area contributed by atoms with E-state index >= 15 is 0 Å². The molecule has 2 N–H and O–H groups in total. The third-order valence-corrected chi connectivity index (χ3v) is 6.25. The molecule has 1 amide bonds. The molecule has 114 valence electrons. The predicted molar refractivity (Wildman–Crippen MR) is 77.8 cm³/mol. The average Bonchev–Trinajstić information content (AvgIpc) is 2.56. The molecular weight excluding hydrogens is 294 g/mol. The number of nitrogens with one attached hydrogen (secondary N) is 1. The van der Waals surface area contributed by atoms with Crippen molar-refractivity contribution < 1.29 is 23.1 Å². The van der Waals surface area contributed by atoms with Crippen molar-refractivity contribution in [1.29, 1.82) is 0 Å². The largest absolute Gasteiger partial charge is 0.480 e. The van der Waals surface area contributed by atoms with Crippen molar-refractivity contribution >= 4 is 27.4 Å². The predicted octanol–water partition coefficient (Wildman–Crippen LogP) is 1.22. The highest BCUT2D eigenvalue weighted by atomic mass is 32.2. The Labute approximate surface area is 123 Å². The van der Waals surface area contributed by atoms with E-state index < -0.39 is 32.2 Å². The molecule has 7 heteroatoms. The van der Waals surface area contributed by atoms with Crippen molar-refractivity contribution in [1.82, 2.24) is 0 Å². The van der Waals surface area contributed by atoms with Gasteiger partial charge in [0, 0.05) is 5.69 Å².